The number of pyridine rings is 1. The molecule has 0 aliphatic rings. The summed E-state index contributed by atoms with van der Waals surface area (Å²) in [5.74, 6) is 5.16. The van der Waals surface area contributed by atoms with Gasteiger partial charge >= 0.3 is 0 Å². The molecular weight excluding hydrogens is 217 g/mol. The first-order valence-corrected chi connectivity index (χ1v) is 5.96. The van der Waals surface area contributed by atoms with Crippen LogP contribution in [0.15, 0.2) is 31.1 Å². The van der Waals surface area contributed by atoms with E-state index in [9.17, 15) is 4.39 Å². The summed E-state index contributed by atoms with van der Waals surface area (Å²) in [5, 5.41) is 0. The number of halogens is 1. The molecule has 0 fully saturated rings. The van der Waals surface area contributed by atoms with Gasteiger partial charge in [0.1, 0.15) is 5.82 Å². The fourth-order valence-electron chi connectivity index (χ4n) is 1.81. The fourth-order valence-corrected chi connectivity index (χ4v) is 1.81. The van der Waals surface area contributed by atoms with Gasteiger partial charge in [0.25, 0.3) is 0 Å². The highest BCUT2D eigenvalue weighted by Gasteiger charge is 2.13. The first kappa shape index (κ1) is 13.8. The maximum atomic E-state index is 13.5. The molecule has 0 saturated carbocycles. The minimum atomic E-state index is -0.304. The van der Waals surface area contributed by atoms with Crippen LogP contribution < -0.4 is 11.3 Å². The summed E-state index contributed by atoms with van der Waals surface area (Å²) in [6, 6.07) is 1.53. The fraction of sp³-hybridized carbons (Fsp3) is 0.462. The van der Waals surface area contributed by atoms with E-state index in [4.69, 9.17) is 5.84 Å². The zero-order valence-corrected chi connectivity index (χ0v) is 10.0. The van der Waals surface area contributed by atoms with Gasteiger partial charge in [-0.25, -0.2) is 4.39 Å². The highest BCUT2D eigenvalue weighted by atomic mass is 19.1. The van der Waals surface area contributed by atoms with E-state index in [-0.39, 0.29) is 11.9 Å². The van der Waals surface area contributed by atoms with Gasteiger partial charge in [-0.1, -0.05) is 18.9 Å². The SMILES string of the molecule is C=CCCCCCC(NN)c1ccncc1F. The van der Waals surface area contributed by atoms with Crippen molar-refractivity contribution in [2.75, 3.05) is 0 Å². The third-order valence-electron chi connectivity index (χ3n) is 2.78. The van der Waals surface area contributed by atoms with Gasteiger partial charge < -0.3 is 0 Å². The number of nitrogens with two attached hydrogens (primary N) is 1. The maximum absolute atomic E-state index is 13.5. The molecule has 1 atom stereocenters. The lowest BCUT2D eigenvalue weighted by Crippen LogP contribution is -2.28. The summed E-state index contributed by atoms with van der Waals surface area (Å²) in [6.07, 6.45) is 9.83. The molecule has 3 N–H and O–H groups in total. The van der Waals surface area contributed by atoms with Gasteiger partial charge in [-0.15, -0.1) is 6.58 Å². The molecule has 0 amide bonds. The van der Waals surface area contributed by atoms with E-state index < -0.39 is 0 Å². The minimum Gasteiger partial charge on any atom is -0.271 e. The molecule has 1 rings (SSSR count). The van der Waals surface area contributed by atoms with E-state index in [2.05, 4.69) is 17.0 Å². The Morgan fingerprint density at radius 3 is 2.94 bits per heavy atom. The molecule has 94 valence electrons. The van der Waals surface area contributed by atoms with Crippen LogP contribution >= 0.6 is 0 Å². The average molecular weight is 237 g/mol. The summed E-state index contributed by atoms with van der Waals surface area (Å²) in [7, 11) is 0. The van der Waals surface area contributed by atoms with Crippen molar-refractivity contribution in [3.8, 4) is 0 Å². The minimum absolute atomic E-state index is 0.137. The predicted molar refractivity (Wildman–Crippen MR) is 67.5 cm³/mol. The topological polar surface area (TPSA) is 50.9 Å². The Kier molecular flexibility index (Phi) is 6.43. The molecule has 0 aliphatic carbocycles. The van der Waals surface area contributed by atoms with Gasteiger partial charge in [0.15, 0.2) is 0 Å². The molecule has 0 saturated heterocycles. The van der Waals surface area contributed by atoms with Crippen LogP contribution in [0.2, 0.25) is 0 Å². The van der Waals surface area contributed by atoms with E-state index in [1.165, 1.54) is 6.20 Å². The van der Waals surface area contributed by atoms with Crippen molar-refractivity contribution in [2.24, 2.45) is 5.84 Å². The number of hydrogen-bond donors (Lipinski definition) is 2. The van der Waals surface area contributed by atoms with Gasteiger partial charge in [0.2, 0.25) is 0 Å². The van der Waals surface area contributed by atoms with E-state index in [1.807, 2.05) is 6.08 Å². The highest BCUT2D eigenvalue weighted by Crippen LogP contribution is 2.21. The summed E-state index contributed by atoms with van der Waals surface area (Å²) in [4.78, 5) is 3.73. The van der Waals surface area contributed by atoms with Crippen LogP contribution in [-0.2, 0) is 0 Å². The number of nitrogens with one attached hydrogen (secondary N) is 1. The second kappa shape index (κ2) is 7.92. The van der Waals surface area contributed by atoms with E-state index in [0.29, 0.717) is 5.56 Å². The summed E-state index contributed by atoms with van der Waals surface area (Å²) >= 11 is 0. The van der Waals surface area contributed by atoms with Crippen molar-refractivity contribution in [3.05, 3.63) is 42.5 Å². The summed E-state index contributed by atoms with van der Waals surface area (Å²) in [5.41, 5.74) is 3.25. The molecule has 0 bridgehead atoms. The van der Waals surface area contributed by atoms with Crippen LogP contribution in [0, 0.1) is 5.82 Å². The second-order valence-corrected chi connectivity index (χ2v) is 4.04. The lowest BCUT2D eigenvalue weighted by Gasteiger charge is -2.16. The third kappa shape index (κ3) is 4.63. The lowest BCUT2D eigenvalue weighted by molar-refractivity contribution is 0.460. The monoisotopic (exact) mass is 237 g/mol. The van der Waals surface area contributed by atoms with Crippen molar-refractivity contribution in [1.82, 2.24) is 10.4 Å². The number of rotatable bonds is 8. The van der Waals surface area contributed by atoms with Crippen LogP contribution in [0.5, 0.6) is 0 Å². The Labute approximate surface area is 102 Å². The molecule has 1 unspecified atom stereocenters. The molecule has 0 radical (unpaired) electrons. The summed E-state index contributed by atoms with van der Waals surface area (Å²) in [6.45, 7) is 3.68. The van der Waals surface area contributed by atoms with Crippen LogP contribution in [0.4, 0.5) is 4.39 Å². The van der Waals surface area contributed by atoms with Crippen LogP contribution in [0.3, 0.4) is 0 Å². The smallest absolute Gasteiger partial charge is 0.146 e. The highest BCUT2D eigenvalue weighted by molar-refractivity contribution is 5.17. The molecule has 0 aromatic carbocycles. The predicted octanol–water partition coefficient (Wildman–Crippen LogP) is 2.86. The van der Waals surface area contributed by atoms with Gasteiger partial charge in [0, 0.05) is 17.8 Å². The molecule has 3 nitrogen and oxygen atoms in total. The largest absolute Gasteiger partial charge is 0.271 e. The van der Waals surface area contributed by atoms with Gasteiger partial charge in [0.05, 0.1) is 6.20 Å². The number of hydrazine groups is 1. The molecule has 0 spiro atoms. The quantitative estimate of drug-likeness (QED) is 0.316. The van der Waals surface area contributed by atoms with Crippen molar-refractivity contribution < 1.29 is 4.39 Å². The van der Waals surface area contributed by atoms with E-state index in [0.717, 1.165) is 32.1 Å². The normalized spacial score (nSPS) is 12.4. The first-order chi connectivity index (χ1) is 8.29. The molecule has 1 heterocycles. The standard InChI is InChI=1S/C13H20FN3/c1-2-3-4-5-6-7-13(17-15)11-8-9-16-10-12(11)14/h2,8-10,13,17H,1,3-7,15H2. The Morgan fingerprint density at radius 1 is 1.47 bits per heavy atom. The third-order valence-corrected chi connectivity index (χ3v) is 2.78. The Hall–Kier alpha value is -1.26. The van der Waals surface area contributed by atoms with E-state index >= 15 is 0 Å². The van der Waals surface area contributed by atoms with Crippen LogP contribution in [0.1, 0.15) is 43.7 Å². The molecule has 1 aromatic heterocycles. The second-order valence-electron chi connectivity index (χ2n) is 4.04. The number of allylic oxidation sites excluding steroid dienone is 1. The van der Waals surface area contributed by atoms with Crippen molar-refractivity contribution in [1.29, 1.82) is 0 Å². The average Bonchev–Trinajstić information content (AvgIpc) is 2.35. The number of unbranched alkanes of at least 4 members (excludes halogenated alkanes) is 3. The number of nitrogens with zero attached hydrogens (tertiary/aromatic N) is 1. The van der Waals surface area contributed by atoms with Crippen LogP contribution in [0.25, 0.3) is 0 Å². The Balaban J connectivity index is 2.43. The van der Waals surface area contributed by atoms with Crippen molar-refractivity contribution in [2.45, 2.75) is 38.1 Å². The van der Waals surface area contributed by atoms with Crippen molar-refractivity contribution >= 4 is 0 Å². The summed E-state index contributed by atoms with van der Waals surface area (Å²) < 4.78 is 13.5. The molecule has 4 heteroatoms. The molecule has 0 aliphatic heterocycles. The lowest BCUT2D eigenvalue weighted by atomic mass is 10.0. The number of hydrogen-bond acceptors (Lipinski definition) is 3. The Bertz CT molecular complexity index is 341. The van der Waals surface area contributed by atoms with Crippen molar-refractivity contribution in [3.63, 3.8) is 0 Å². The van der Waals surface area contributed by atoms with Gasteiger partial charge in [-0.05, 0) is 25.3 Å². The maximum Gasteiger partial charge on any atom is 0.146 e. The van der Waals surface area contributed by atoms with Crippen LogP contribution in [-0.4, -0.2) is 4.98 Å². The first-order valence-electron chi connectivity index (χ1n) is 5.96. The van der Waals surface area contributed by atoms with E-state index in [1.54, 1.807) is 12.3 Å². The van der Waals surface area contributed by atoms with Gasteiger partial charge in [-0.2, -0.15) is 0 Å². The number of aromatic nitrogens is 1. The molecular formula is C13H20FN3. The zero-order chi connectivity index (χ0) is 12.5. The molecule has 17 heavy (non-hydrogen) atoms. The Morgan fingerprint density at radius 2 is 2.29 bits per heavy atom. The molecule has 1 aromatic rings. The zero-order valence-electron chi connectivity index (χ0n) is 10.0. The van der Waals surface area contributed by atoms with Gasteiger partial charge in [-0.3, -0.25) is 16.3 Å².